The van der Waals surface area contributed by atoms with Crippen molar-refractivity contribution < 1.29 is 10.2 Å². The first-order chi connectivity index (χ1) is 6.36. The van der Waals surface area contributed by atoms with E-state index in [1.54, 1.807) is 23.5 Å². The Morgan fingerprint density at radius 1 is 1.15 bits per heavy atom. The highest BCUT2D eigenvalue weighted by atomic mass is 32.2. The molecule has 1 rings (SSSR count). The lowest BCUT2D eigenvalue weighted by Gasteiger charge is -2.08. The number of hydrogen-bond donors (Lipinski definition) is 2. The highest BCUT2D eigenvalue weighted by Gasteiger charge is 2.25. The highest BCUT2D eigenvalue weighted by Crippen LogP contribution is 2.40. The van der Waals surface area contributed by atoms with Crippen LogP contribution in [0.5, 0.6) is 0 Å². The summed E-state index contributed by atoms with van der Waals surface area (Å²) in [5.74, 6) is 3.74. The van der Waals surface area contributed by atoms with Crippen molar-refractivity contribution in [1.29, 1.82) is 0 Å². The van der Waals surface area contributed by atoms with Gasteiger partial charge in [-0.05, 0) is 0 Å². The monoisotopic (exact) mass is 258 g/mol. The van der Waals surface area contributed by atoms with Gasteiger partial charge in [0.25, 0.3) is 0 Å². The van der Waals surface area contributed by atoms with E-state index in [-0.39, 0.29) is 11.9 Å². The van der Waals surface area contributed by atoms with Gasteiger partial charge in [0, 0.05) is 22.5 Å². The van der Waals surface area contributed by atoms with Crippen LogP contribution >= 0.6 is 47.0 Å². The van der Waals surface area contributed by atoms with Crippen LogP contribution in [0, 0.1) is 0 Å². The molecule has 0 amide bonds. The lowest BCUT2D eigenvalue weighted by Crippen LogP contribution is -2.05. The van der Waals surface area contributed by atoms with E-state index in [1.807, 2.05) is 23.5 Å². The zero-order valence-electron chi connectivity index (χ0n) is 7.22. The molecule has 1 saturated heterocycles. The second kappa shape index (κ2) is 7.59. The van der Waals surface area contributed by atoms with Crippen LogP contribution in [-0.4, -0.2) is 49.2 Å². The molecule has 0 radical (unpaired) electrons. The maximum Gasteiger partial charge on any atom is 0.0886 e. The molecule has 0 bridgehead atoms. The van der Waals surface area contributed by atoms with Gasteiger partial charge >= 0.3 is 0 Å². The standard InChI is InChI=1S/C7H14O2S4/c8-4-10-1-6-2-12-7(13-6)3-11-5-9/h6-9H,1-5H2. The third-order valence-electron chi connectivity index (χ3n) is 1.55. The quantitative estimate of drug-likeness (QED) is 0.704. The molecule has 2 nitrogen and oxygen atoms in total. The van der Waals surface area contributed by atoms with E-state index in [2.05, 4.69) is 0 Å². The Labute approximate surface area is 96.0 Å². The van der Waals surface area contributed by atoms with Crippen LogP contribution in [0.3, 0.4) is 0 Å². The van der Waals surface area contributed by atoms with Crippen LogP contribution in [-0.2, 0) is 0 Å². The van der Waals surface area contributed by atoms with Crippen LogP contribution in [0.1, 0.15) is 0 Å². The average molecular weight is 258 g/mol. The van der Waals surface area contributed by atoms with Gasteiger partial charge < -0.3 is 10.2 Å². The molecular formula is C7H14O2S4. The number of aliphatic hydroxyl groups excluding tert-OH is 2. The minimum Gasteiger partial charge on any atom is -0.386 e. The van der Waals surface area contributed by atoms with Crippen molar-refractivity contribution in [2.24, 2.45) is 0 Å². The van der Waals surface area contributed by atoms with Crippen LogP contribution in [0.4, 0.5) is 0 Å². The molecular weight excluding hydrogens is 244 g/mol. The second-order valence-corrected chi connectivity index (χ2v) is 7.56. The van der Waals surface area contributed by atoms with E-state index in [4.69, 9.17) is 10.2 Å². The predicted molar refractivity (Wildman–Crippen MR) is 66.7 cm³/mol. The third kappa shape index (κ3) is 5.09. The molecule has 0 aliphatic carbocycles. The van der Waals surface area contributed by atoms with Gasteiger partial charge in [-0.15, -0.1) is 47.0 Å². The summed E-state index contributed by atoms with van der Waals surface area (Å²) in [4.78, 5) is 0. The van der Waals surface area contributed by atoms with Gasteiger partial charge in [0.05, 0.1) is 16.5 Å². The Morgan fingerprint density at radius 3 is 2.54 bits per heavy atom. The van der Waals surface area contributed by atoms with Gasteiger partial charge in [0.1, 0.15) is 0 Å². The fraction of sp³-hybridized carbons (Fsp3) is 1.00. The first kappa shape index (κ1) is 12.4. The lowest BCUT2D eigenvalue weighted by molar-refractivity contribution is 0.375. The summed E-state index contributed by atoms with van der Waals surface area (Å²) in [5, 5.41) is 18.0. The molecule has 13 heavy (non-hydrogen) atoms. The van der Waals surface area contributed by atoms with Crippen LogP contribution in [0.2, 0.25) is 0 Å². The summed E-state index contributed by atoms with van der Waals surface area (Å²) in [5.41, 5.74) is 0. The van der Waals surface area contributed by atoms with E-state index >= 15 is 0 Å². The summed E-state index contributed by atoms with van der Waals surface area (Å²) in [6.07, 6.45) is 0. The molecule has 1 heterocycles. The van der Waals surface area contributed by atoms with Gasteiger partial charge in [-0.1, -0.05) is 0 Å². The zero-order chi connectivity index (χ0) is 9.52. The van der Waals surface area contributed by atoms with Crippen molar-refractivity contribution in [3.63, 3.8) is 0 Å². The molecule has 78 valence electrons. The summed E-state index contributed by atoms with van der Waals surface area (Å²) >= 11 is 7.15. The molecule has 2 unspecified atom stereocenters. The molecule has 1 aliphatic rings. The first-order valence-corrected chi connectivity index (χ1v) is 8.31. The topological polar surface area (TPSA) is 40.5 Å². The molecule has 0 saturated carbocycles. The minimum absolute atomic E-state index is 0.230. The molecule has 2 atom stereocenters. The SMILES string of the molecule is OCSCC1CSC(CSCO)S1. The van der Waals surface area contributed by atoms with Gasteiger partial charge in [-0.3, -0.25) is 0 Å². The maximum absolute atomic E-state index is 8.64. The van der Waals surface area contributed by atoms with Crippen molar-refractivity contribution in [2.75, 3.05) is 29.1 Å². The smallest absolute Gasteiger partial charge is 0.0886 e. The molecule has 0 aromatic rings. The van der Waals surface area contributed by atoms with Gasteiger partial charge in [-0.25, -0.2) is 0 Å². The summed E-state index contributed by atoms with van der Waals surface area (Å²) in [6.45, 7) is 0. The Hall–Kier alpha value is 1.32. The number of aliphatic hydroxyl groups is 2. The molecule has 1 aliphatic heterocycles. The van der Waals surface area contributed by atoms with E-state index < -0.39 is 0 Å². The van der Waals surface area contributed by atoms with Gasteiger partial charge in [-0.2, -0.15) is 0 Å². The Bertz CT molecular complexity index is 122. The van der Waals surface area contributed by atoms with Crippen LogP contribution in [0.25, 0.3) is 0 Å². The van der Waals surface area contributed by atoms with Crippen molar-refractivity contribution in [3.8, 4) is 0 Å². The molecule has 0 spiro atoms. The molecule has 2 N–H and O–H groups in total. The number of rotatable bonds is 6. The summed E-state index contributed by atoms with van der Waals surface area (Å²) in [6, 6.07) is 0. The summed E-state index contributed by atoms with van der Waals surface area (Å²) < 4.78 is 0.640. The van der Waals surface area contributed by atoms with Crippen molar-refractivity contribution in [3.05, 3.63) is 0 Å². The third-order valence-corrected chi connectivity index (χ3v) is 7.03. The molecule has 0 aromatic heterocycles. The van der Waals surface area contributed by atoms with Gasteiger partial charge in [0.2, 0.25) is 0 Å². The largest absolute Gasteiger partial charge is 0.386 e. The van der Waals surface area contributed by atoms with Gasteiger partial charge in [0.15, 0.2) is 0 Å². The van der Waals surface area contributed by atoms with E-state index in [0.717, 1.165) is 11.5 Å². The Kier molecular flexibility index (Phi) is 7.23. The Morgan fingerprint density at radius 2 is 1.85 bits per heavy atom. The summed E-state index contributed by atoms with van der Waals surface area (Å²) in [7, 11) is 0. The van der Waals surface area contributed by atoms with Crippen molar-refractivity contribution in [1.82, 2.24) is 0 Å². The normalized spacial score (nSPS) is 28.2. The fourth-order valence-corrected chi connectivity index (χ4v) is 6.38. The maximum atomic E-state index is 8.64. The first-order valence-electron chi connectivity index (χ1n) is 4.01. The van der Waals surface area contributed by atoms with E-state index in [9.17, 15) is 0 Å². The molecule has 0 aromatic carbocycles. The Balaban J connectivity index is 2.05. The number of hydrogen-bond acceptors (Lipinski definition) is 6. The predicted octanol–water partition coefficient (Wildman–Crippen LogP) is 1.53. The number of thioether (sulfide) groups is 4. The van der Waals surface area contributed by atoms with Crippen LogP contribution < -0.4 is 0 Å². The second-order valence-electron chi connectivity index (χ2n) is 2.52. The highest BCUT2D eigenvalue weighted by molar-refractivity contribution is 8.21. The van der Waals surface area contributed by atoms with E-state index in [1.165, 1.54) is 5.75 Å². The molecule has 1 fully saturated rings. The van der Waals surface area contributed by atoms with Crippen molar-refractivity contribution in [2.45, 2.75) is 9.83 Å². The van der Waals surface area contributed by atoms with E-state index in [0.29, 0.717) is 9.83 Å². The van der Waals surface area contributed by atoms with Crippen LogP contribution in [0.15, 0.2) is 0 Å². The minimum atomic E-state index is 0.230. The lowest BCUT2D eigenvalue weighted by atomic mass is 10.6. The zero-order valence-corrected chi connectivity index (χ0v) is 10.5. The molecule has 6 heteroatoms. The van der Waals surface area contributed by atoms with Crippen molar-refractivity contribution >= 4 is 47.0 Å². The average Bonchev–Trinajstić information content (AvgIpc) is 2.59. The fourth-order valence-electron chi connectivity index (χ4n) is 1.02.